The first-order valence-corrected chi connectivity index (χ1v) is 11.0. The van der Waals surface area contributed by atoms with Crippen LogP contribution in [-0.4, -0.2) is 40.1 Å². The van der Waals surface area contributed by atoms with E-state index in [1.54, 1.807) is 12.1 Å². The van der Waals surface area contributed by atoms with Crippen molar-refractivity contribution < 1.29 is 31.1 Å². The number of alkyl halides is 6. The van der Waals surface area contributed by atoms with Crippen molar-refractivity contribution in [2.24, 2.45) is 0 Å². The number of rotatable bonds is 6. The lowest BCUT2D eigenvalue weighted by molar-refractivity contribution is -0.140. The van der Waals surface area contributed by atoms with Gasteiger partial charge in [-0.1, -0.05) is 12.1 Å². The number of hydrogen-bond acceptors (Lipinski definition) is 4. The van der Waals surface area contributed by atoms with Crippen LogP contribution in [0.2, 0.25) is 0 Å². The molecule has 0 radical (unpaired) electrons. The van der Waals surface area contributed by atoms with E-state index in [1.807, 2.05) is 0 Å². The lowest BCUT2D eigenvalue weighted by Gasteiger charge is -2.30. The van der Waals surface area contributed by atoms with E-state index in [0.717, 1.165) is 6.20 Å². The molecule has 0 spiro atoms. The summed E-state index contributed by atoms with van der Waals surface area (Å²) in [6, 6.07) is 10.6. The van der Waals surface area contributed by atoms with Crippen LogP contribution in [0.4, 0.5) is 37.8 Å². The molecule has 0 aliphatic heterocycles. The molecule has 0 saturated heterocycles. The van der Waals surface area contributed by atoms with Crippen molar-refractivity contribution in [3.8, 4) is 0 Å². The Bertz CT molecular complexity index is 1180. The van der Waals surface area contributed by atoms with Crippen molar-refractivity contribution >= 4 is 23.1 Å². The molecule has 1 amide bonds. The second kappa shape index (κ2) is 9.67. The molecule has 1 aliphatic carbocycles. The molecule has 188 valence electrons. The van der Waals surface area contributed by atoms with Gasteiger partial charge in [0.15, 0.2) is 5.69 Å². The highest BCUT2D eigenvalue weighted by molar-refractivity contribution is 5.95. The third-order valence-corrected chi connectivity index (χ3v) is 5.81. The summed E-state index contributed by atoms with van der Waals surface area (Å²) in [7, 11) is 0. The molecule has 35 heavy (non-hydrogen) atoms. The summed E-state index contributed by atoms with van der Waals surface area (Å²) >= 11 is 0. The average Bonchev–Trinajstić information content (AvgIpc) is 3.25. The molecule has 0 bridgehead atoms. The van der Waals surface area contributed by atoms with Crippen LogP contribution in [0.15, 0.2) is 48.7 Å². The third-order valence-electron chi connectivity index (χ3n) is 5.81. The van der Waals surface area contributed by atoms with Crippen LogP contribution in [0.25, 0.3) is 5.65 Å². The number of pyridine rings is 1. The van der Waals surface area contributed by atoms with Crippen LogP contribution in [0.1, 0.15) is 41.7 Å². The number of halogens is 6. The van der Waals surface area contributed by atoms with E-state index in [9.17, 15) is 31.1 Å². The van der Waals surface area contributed by atoms with Gasteiger partial charge in [0, 0.05) is 29.5 Å². The topological polar surface area (TPSA) is 70.5 Å². The second-order valence-electron chi connectivity index (χ2n) is 8.48. The van der Waals surface area contributed by atoms with Crippen molar-refractivity contribution in [2.45, 2.75) is 50.1 Å². The van der Waals surface area contributed by atoms with E-state index in [0.29, 0.717) is 31.5 Å². The Morgan fingerprint density at radius 3 is 2.34 bits per heavy atom. The smallest absolute Gasteiger partial charge is 0.376 e. The van der Waals surface area contributed by atoms with Gasteiger partial charge in [-0.15, -0.1) is 0 Å². The Hall–Kier alpha value is -3.44. The molecule has 1 fully saturated rings. The van der Waals surface area contributed by atoms with Crippen molar-refractivity contribution in [2.75, 3.05) is 17.2 Å². The Labute approximate surface area is 196 Å². The number of imidazole rings is 1. The molecule has 3 aromatic rings. The van der Waals surface area contributed by atoms with Crippen molar-refractivity contribution in [1.29, 1.82) is 0 Å². The molecule has 4 rings (SSSR count). The lowest BCUT2D eigenvalue weighted by atomic mass is 9.91. The molecule has 1 aliphatic rings. The zero-order chi connectivity index (χ0) is 25.2. The molecule has 0 unspecified atom stereocenters. The number of amides is 1. The molecule has 1 saturated carbocycles. The summed E-state index contributed by atoms with van der Waals surface area (Å²) in [4.78, 5) is 16.2. The summed E-state index contributed by atoms with van der Waals surface area (Å²) in [5.74, 6) is 0.126. The summed E-state index contributed by atoms with van der Waals surface area (Å²) in [5.41, 5.74) is -0.319. The number of nitrogens with zero attached hydrogens (tertiary/aromatic N) is 2. The molecule has 6 nitrogen and oxygen atoms in total. The van der Waals surface area contributed by atoms with Crippen LogP contribution >= 0.6 is 0 Å². The number of nitrogens with one attached hydrogen (secondary N) is 3. The van der Waals surface area contributed by atoms with Crippen LogP contribution in [0.5, 0.6) is 0 Å². The Balaban J connectivity index is 1.32. The molecule has 2 heterocycles. The first kappa shape index (κ1) is 24.7. The van der Waals surface area contributed by atoms with E-state index in [4.69, 9.17) is 0 Å². The van der Waals surface area contributed by atoms with E-state index in [2.05, 4.69) is 20.9 Å². The van der Waals surface area contributed by atoms with E-state index in [-0.39, 0.29) is 34.9 Å². The second-order valence-corrected chi connectivity index (χ2v) is 8.48. The first-order valence-electron chi connectivity index (χ1n) is 11.0. The zero-order valence-corrected chi connectivity index (χ0v) is 18.4. The summed E-state index contributed by atoms with van der Waals surface area (Å²) in [5, 5.41) is 8.44. The number of benzene rings is 1. The molecule has 0 atom stereocenters. The predicted molar refractivity (Wildman–Crippen MR) is 118 cm³/mol. The van der Waals surface area contributed by atoms with Crippen LogP contribution < -0.4 is 16.0 Å². The predicted octanol–water partition coefficient (Wildman–Crippen LogP) is 5.48. The van der Waals surface area contributed by atoms with Crippen molar-refractivity contribution in [1.82, 2.24) is 14.7 Å². The quantitative estimate of drug-likeness (QED) is 0.393. The van der Waals surface area contributed by atoms with E-state index < -0.39 is 24.6 Å². The highest BCUT2D eigenvalue weighted by atomic mass is 19.4. The van der Waals surface area contributed by atoms with Crippen molar-refractivity contribution in [3.05, 3.63) is 59.9 Å². The number of hydrogen-bond donors (Lipinski definition) is 3. The maximum absolute atomic E-state index is 13.0. The summed E-state index contributed by atoms with van der Waals surface area (Å²) < 4.78 is 77.6. The van der Waals surface area contributed by atoms with Gasteiger partial charge in [-0.2, -0.15) is 26.3 Å². The monoisotopic (exact) mass is 499 g/mol. The highest BCUT2D eigenvalue weighted by Gasteiger charge is 2.34. The number of carbonyl (C=O) groups is 1. The Kier molecular flexibility index (Phi) is 6.82. The molecule has 1 aromatic carbocycles. The minimum absolute atomic E-state index is 0.000357. The average molecular weight is 499 g/mol. The number of carbonyl (C=O) groups excluding carboxylic acids is 1. The van der Waals surface area contributed by atoms with Gasteiger partial charge in [0.05, 0.1) is 0 Å². The fraction of sp³-hybridized carbons (Fsp3) is 0.391. The number of anilines is 2. The largest absolute Gasteiger partial charge is 0.434 e. The summed E-state index contributed by atoms with van der Waals surface area (Å²) in [6.45, 7) is -1.20. The van der Waals surface area contributed by atoms with Crippen LogP contribution in [0, 0.1) is 0 Å². The van der Waals surface area contributed by atoms with Crippen molar-refractivity contribution in [3.63, 3.8) is 0 Å². The highest BCUT2D eigenvalue weighted by Crippen LogP contribution is 2.30. The minimum Gasteiger partial charge on any atom is -0.376 e. The maximum atomic E-state index is 13.0. The molecule has 2 aromatic heterocycles. The maximum Gasteiger partial charge on any atom is 0.434 e. The molecule has 3 N–H and O–H groups in total. The normalized spacial score (nSPS) is 18.9. The van der Waals surface area contributed by atoms with Gasteiger partial charge in [0.2, 0.25) is 0 Å². The molecular weight excluding hydrogens is 476 g/mol. The molecular formula is C23H23F6N5O. The number of aromatic nitrogens is 2. The van der Waals surface area contributed by atoms with Crippen LogP contribution in [-0.2, 0) is 6.18 Å². The van der Waals surface area contributed by atoms with Gasteiger partial charge >= 0.3 is 12.4 Å². The van der Waals surface area contributed by atoms with Gasteiger partial charge in [-0.25, -0.2) is 4.98 Å². The van der Waals surface area contributed by atoms with Gasteiger partial charge in [-0.3, -0.25) is 9.20 Å². The summed E-state index contributed by atoms with van der Waals surface area (Å²) in [6.07, 6.45) is -5.31. The lowest BCUT2D eigenvalue weighted by Crippen LogP contribution is -2.40. The molecule has 12 heteroatoms. The fourth-order valence-electron chi connectivity index (χ4n) is 4.10. The van der Waals surface area contributed by atoms with Gasteiger partial charge in [0.25, 0.3) is 5.91 Å². The van der Waals surface area contributed by atoms with Crippen LogP contribution in [0.3, 0.4) is 0 Å². The first-order chi connectivity index (χ1) is 16.5. The van der Waals surface area contributed by atoms with Gasteiger partial charge < -0.3 is 16.0 Å². The zero-order valence-electron chi connectivity index (χ0n) is 18.4. The SMILES string of the molecule is O=C(NC1CCC(Nc2cccc3nc(C(F)(F)F)cn23)CC1)c1cccc(NCC(F)(F)F)c1. The third kappa shape index (κ3) is 6.37. The Morgan fingerprint density at radius 1 is 0.971 bits per heavy atom. The van der Waals surface area contributed by atoms with E-state index in [1.165, 1.54) is 34.7 Å². The fourth-order valence-corrected chi connectivity index (χ4v) is 4.10. The Morgan fingerprint density at radius 2 is 1.66 bits per heavy atom. The van der Waals surface area contributed by atoms with E-state index >= 15 is 0 Å². The van der Waals surface area contributed by atoms with Gasteiger partial charge in [-0.05, 0) is 56.0 Å². The van der Waals surface area contributed by atoms with Gasteiger partial charge in [0.1, 0.15) is 18.0 Å². The number of fused-ring (bicyclic) bond motifs is 1. The standard InChI is InChI=1S/C23H23F6N5O/c24-22(25,26)13-30-17-4-1-3-14(11-17)21(35)32-16-9-7-15(8-10-16)31-19-5-2-6-20-33-18(12-34(19)20)23(27,28)29/h1-6,11-12,15-16,30-31H,7-10,13H2,(H,32,35). The minimum atomic E-state index is -4.53.